The van der Waals surface area contributed by atoms with Crippen LogP contribution < -0.4 is 20.9 Å². The minimum Gasteiger partial charge on any atom is -0.372 e. The smallest absolute Gasteiger partial charge is 0.273 e. The molecule has 15 heteroatoms. The molecular formula is C30H34B2N10O2S. The van der Waals surface area contributed by atoms with Crippen molar-refractivity contribution >= 4 is 55.3 Å². The molecule has 0 saturated carbocycles. The zero-order valence-electron chi connectivity index (χ0n) is 25.9. The molecule has 6 rings (SSSR count). The number of nitrogens with one attached hydrogen (secondary N) is 3. The Kier molecular flexibility index (Phi) is 8.16. The predicted molar refractivity (Wildman–Crippen MR) is 178 cm³/mol. The molecule has 2 atom stereocenters. The van der Waals surface area contributed by atoms with Crippen molar-refractivity contribution in [2.24, 2.45) is 0 Å². The summed E-state index contributed by atoms with van der Waals surface area (Å²) in [6.45, 7) is 5.17. The lowest BCUT2D eigenvalue weighted by Gasteiger charge is -2.50. The highest BCUT2D eigenvalue weighted by Gasteiger charge is 2.42. The number of benzene rings is 1. The van der Waals surface area contributed by atoms with Gasteiger partial charge >= 0.3 is 0 Å². The van der Waals surface area contributed by atoms with Gasteiger partial charge in [0.25, 0.3) is 5.91 Å². The Labute approximate surface area is 267 Å². The fraction of sp³-hybridized carbons (Fsp3) is 0.367. The van der Waals surface area contributed by atoms with Crippen molar-refractivity contribution in [3.8, 4) is 11.1 Å². The minimum atomic E-state index is -1.31. The number of pyridine rings is 1. The van der Waals surface area contributed by atoms with Gasteiger partial charge in [0.15, 0.2) is 11.5 Å². The summed E-state index contributed by atoms with van der Waals surface area (Å²) < 4.78 is 14.4. The fourth-order valence-electron chi connectivity index (χ4n) is 5.93. The number of carbonyl (C=O) groups excluding carboxylic acids is 1. The van der Waals surface area contributed by atoms with Gasteiger partial charge in [-0.1, -0.05) is 25.1 Å². The predicted octanol–water partition coefficient (Wildman–Crippen LogP) is 2.52. The number of aromatic nitrogens is 5. The Morgan fingerprint density at radius 1 is 1.09 bits per heavy atom. The molecule has 12 nitrogen and oxygen atoms in total. The number of likely N-dealkylation sites (tertiary alicyclic amines) is 1. The van der Waals surface area contributed by atoms with Crippen LogP contribution in [0, 0.1) is 0 Å². The lowest BCUT2D eigenvalue weighted by atomic mass is 9.57. The zero-order chi connectivity index (χ0) is 32.0. The van der Waals surface area contributed by atoms with Crippen LogP contribution >= 0.6 is 0 Å². The van der Waals surface area contributed by atoms with Gasteiger partial charge < -0.3 is 25.8 Å². The van der Waals surface area contributed by atoms with E-state index >= 15 is 0 Å². The summed E-state index contributed by atoms with van der Waals surface area (Å²) in [5, 5.41) is 21.3. The van der Waals surface area contributed by atoms with Crippen LogP contribution in [0.4, 0.5) is 22.9 Å². The molecule has 4 radical (unpaired) electrons. The molecule has 2 aliphatic heterocycles. The number of anilines is 4. The van der Waals surface area contributed by atoms with Crippen LogP contribution in [0.15, 0.2) is 53.7 Å². The maximum absolute atomic E-state index is 12.6. The largest absolute Gasteiger partial charge is 0.372 e. The first-order chi connectivity index (χ1) is 21.6. The average molecular weight is 620 g/mol. The minimum absolute atomic E-state index is 0.0169. The van der Waals surface area contributed by atoms with Crippen LogP contribution in [-0.2, 0) is 16.1 Å². The van der Waals surface area contributed by atoms with Crippen LogP contribution in [-0.4, -0.2) is 95.7 Å². The molecule has 3 N–H and O–H groups in total. The van der Waals surface area contributed by atoms with Crippen molar-refractivity contribution in [1.82, 2.24) is 35.2 Å². The highest BCUT2D eigenvalue weighted by Crippen LogP contribution is 2.49. The molecule has 228 valence electrons. The molecule has 0 bridgehead atoms. The number of rotatable bonds is 9. The van der Waals surface area contributed by atoms with Crippen LogP contribution in [0.1, 0.15) is 47.8 Å². The fourth-order valence-corrected chi connectivity index (χ4v) is 6.66. The van der Waals surface area contributed by atoms with E-state index < -0.39 is 16.1 Å². The third kappa shape index (κ3) is 5.27. The summed E-state index contributed by atoms with van der Waals surface area (Å²) in [5.41, 5.74) is 6.17. The molecule has 1 aromatic carbocycles. The quantitative estimate of drug-likeness (QED) is 0.240. The second kappa shape index (κ2) is 11.9. The zero-order valence-corrected chi connectivity index (χ0v) is 26.7. The number of fused-ring (bicyclic) bond motifs is 3. The molecule has 0 spiro atoms. The van der Waals surface area contributed by atoms with Gasteiger partial charge in [-0.25, -0.2) is 4.98 Å². The molecule has 3 aromatic heterocycles. The summed E-state index contributed by atoms with van der Waals surface area (Å²) in [7, 11) is 17.4. The number of carbonyl (C=O) groups is 1. The van der Waals surface area contributed by atoms with Gasteiger partial charge in [-0.05, 0) is 30.5 Å². The third-order valence-corrected chi connectivity index (χ3v) is 9.83. The first kappa shape index (κ1) is 30.8. The standard InChI is InChI=1S/C30H34B2N10O2S/c1-6-45(44)25-12-8-11-23(37-25)30(31,32)41-15-18(16-41)42-27-17(2)40(5)28-19(20(27)14-35-42)9-7-10-21(28)36-22-13-24(33-3)38-39-26(22)29(43)34-4/h7-14,17-18H,6,15-16H2,1-5H3,(H,34,43)(H2,33,36,38). The second-order valence-electron chi connectivity index (χ2n) is 11.2. The van der Waals surface area contributed by atoms with E-state index in [1.54, 1.807) is 38.4 Å². The molecule has 5 heterocycles. The van der Waals surface area contributed by atoms with E-state index in [4.69, 9.17) is 20.8 Å². The van der Waals surface area contributed by atoms with Crippen LogP contribution in [0.5, 0.6) is 0 Å². The molecular weight excluding hydrogens is 586 g/mol. The molecule has 45 heavy (non-hydrogen) atoms. The Hall–Kier alpha value is -4.23. The average Bonchev–Trinajstić information content (AvgIpc) is 3.46. The summed E-state index contributed by atoms with van der Waals surface area (Å²) in [5.74, 6) is 0.668. The van der Waals surface area contributed by atoms with E-state index in [-0.39, 0.29) is 23.7 Å². The number of amides is 1. The Balaban J connectivity index is 1.29. The Morgan fingerprint density at radius 3 is 2.56 bits per heavy atom. The van der Waals surface area contributed by atoms with Crippen LogP contribution in [0.25, 0.3) is 11.1 Å². The van der Waals surface area contributed by atoms with Crippen LogP contribution in [0.2, 0.25) is 0 Å². The van der Waals surface area contributed by atoms with Crippen molar-refractivity contribution < 1.29 is 9.00 Å². The SMILES string of the molecule is [B]C([B])(c1cccc(S(=O)CC)n1)N1CC(n2ncc3c2C(C)N(C)c2c(Nc4cc(NC)nnc4C(=O)NC)cccc2-3)C1. The van der Waals surface area contributed by atoms with E-state index in [9.17, 15) is 9.00 Å². The van der Waals surface area contributed by atoms with E-state index in [0.717, 1.165) is 28.2 Å². The topological polar surface area (TPSA) is 133 Å². The summed E-state index contributed by atoms with van der Waals surface area (Å²) in [6.07, 6.45) is 1.91. The van der Waals surface area contributed by atoms with Crippen LogP contribution in [0.3, 0.4) is 0 Å². The van der Waals surface area contributed by atoms with Crippen molar-refractivity contribution in [3.05, 3.63) is 65.7 Å². The molecule has 4 aromatic rings. The molecule has 2 unspecified atom stereocenters. The number of hydrogen-bond donors (Lipinski definition) is 3. The molecule has 2 aliphatic rings. The van der Waals surface area contributed by atoms with Crippen molar-refractivity contribution in [2.75, 3.05) is 55.5 Å². The molecule has 0 aliphatic carbocycles. The Morgan fingerprint density at radius 2 is 1.84 bits per heavy atom. The van der Waals surface area contributed by atoms with E-state index in [1.807, 2.05) is 30.2 Å². The van der Waals surface area contributed by atoms with Gasteiger partial charge in [0, 0.05) is 62.9 Å². The summed E-state index contributed by atoms with van der Waals surface area (Å²) in [6, 6.07) is 13.2. The van der Waals surface area contributed by atoms with Crippen molar-refractivity contribution in [3.63, 3.8) is 0 Å². The number of nitrogens with zero attached hydrogens (tertiary/aromatic N) is 7. The van der Waals surface area contributed by atoms with Gasteiger partial charge in [-0.15, -0.1) is 10.2 Å². The van der Waals surface area contributed by atoms with Crippen molar-refractivity contribution in [1.29, 1.82) is 0 Å². The highest BCUT2D eigenvalue weighted by atomic mass is 32.2. The first-order valence-electron chi connectivity index (χ1n) is 14.8. The summed E-state index contributed by atoms with van der Waals surface area (Å²) in [4.78, 5) is 21.3. The monoisotopic (exact) mass is 620 g/mol. The van der Waals surface area contributed by atoms with E-state index in [2.05, 4.69) is 60.8 Å². The maximum Gasteiger partial charge on any atom is 0.273 e. The maximum atomic E-state index is 12.6. The number of para-hydroxylation sites is 1. The van der Waals surface area contributed by atoms with Crippen molar-refractivity contribution in [2.45, 2.75) is 36.3 Å². The van der Waals surface area contributed by atoms with Gasteiger partial charge in [-0.2, -0.15) is 5.10 Å². The van der Waals surface area contributed by atoms with Gasteiger partial charge in [-0.3, -0.25) is 13.7 Å². The first-order valence-corrected chi connectivity index (χ1v) is 16.1. The van der Waals surface area contributed by atoms with E-state index in [0.29, 0.717) is 41.1 Å². The van der Waals surface area contributed by atoms with E-state index in [1.165, 1.54) is 0 Å². The van der Waals surface area contributed by atoms with Gasteiger partial charge in [0.2, 0.25) is 0 Å². The Bertz CT molecular complexity index is 1790. The molecule has 1 saturated heterocycles. The lowest BCUT2D eigenvalue weighted by molar-refractivity contribution is 0.0614. The molecule has 1 fully saturated rings. The summed E-state index contributed by atoms with van der Waals surface area (Å²) >= 11 is 0. The number of hydrogen-bond acceptors (Lipinski definition) is 10. The normalized spacial score (nSPS) is 17.2. The highest BCUT2D eigenvalue weighted by molar-refractivity contribution is 7.84. The third-order valence-electron chi connectivity index (χ3n) is 8.61. The van der Waals surface area contributed by atoms with Gasteiger partial charge in [0.1, 0.15) is 5.03 Å². The second-order valence-corrected chi connectivity index (χ2v) is 12.9. The van der Waals surface area contributed by atoms with Gasteiger partial charge in [0.05, 0.1) is 67.5 Å². The lowest BCUT2D eigenvalue weighted by Crippen LogP contribution is -2.60. The molecule has 1 amide bonds.